The Morgan fingerprint density at radius 1 is 1.09 bits per heavy atom. The van der Waals surface area contributed by atoms with Gasteiger partial charge in [-0.05, 0) is 48.2 Å². The lowest BCUT2D eigenvalue weighted by molar-refractivity contribution is -0.140. The first-order valence-electron chi connectivity index (χ1n) is 7.77. The summed E-state index contributed by atoms with van der Waals surface area (Å²) in [6, 6.07) is 12.5. The van der Waals surface area contributed by atoms with Crippen LogP contribution in [0.5, 0.6) is 0 Å². The van der Waals surface area contributed by atoms with Gasteiger partial charge in [-0.2, -0.15) is 0 Å². The summed E-state index contributed by atoms with van der Waals surface area (Å²) >= 11 is 0. The van der Waals surface area contributed by atoms with E-state index in [1.54, 1.807) is 30.1 Å². The molecule has 120 valence electrons. The molecule has 0 unspecified atom stereocenters. The van der Waals surface area contributed by atoms with Crippen molar-refractivity contribution in [1.82, 2.24) is 4.90 Å². The van der Waals surface area contributed by atoms with Crippen LogP contribution in [0.1, 0.15) is 30.4 Å². The molecule has 1 fully saturated rings. The first-order chi connectivity index (χ1) is 11.0. The molecule has 0 bridgehead atoms. The molecule has 1 aliphatic rings. The average molecular weight is 315 g/mol. The fourth-order valence-electron chi connectivity index (χ4n) is 3.24. The summed E-state index contributed by atoms with van der Waals surface area (Å²) in [4.78, 5) is 14.6. The van der Waals surface area contributed by atoms with E-state index in [1.165, 1.54) is 24.3 Å². The fourth-order valence-corrected chi connectivity index (χ4v) is 3.24. The number of benzene rings is 2. The molecule has 3 rings (SSSR count). The Hall–Kier alpha value is -2.23. The van der Waals surface area contributed by atoms with Crippen molar-refractivity contribution in [2.45, 2.75) is 31.2 Å². The van der Waals surface area contributed by atoms with Crippen molar-refractivity contribution in [3.05, 3.63) is 71.3 Å². The van der Waals surface area contributed by atoms with E-state index in [0.717, 1.165) is 30.4 Å². The van der Waals surface area contributed by atoms with Crippen molar-refractivity contribution < 1.29 is 13.6 Å². The van der Waals surface area contributed by atoms with Gasteiger partial charge in [-0.25, -0.2) is 8.78 Å². The lowest BCUT2D eigenvalue weighted by atomic mass is 9.63. The second kappa shape index (κ2) is 6.11. The second-order valence-electron chi connectivity index (χ2n) is 6.23. The zero-order chi connectivity index (χ0) is 16.4. The van der Waals surface area contributed by atoms with Gasteiger partial charge in [-0.1, -0.05) is 30.7 Å². The summed E-state index contributed by atoms with van der Waals surface area (Å²) < 4.78 is 26.5. The van der Waals surface area contributed by atoms with E-state index in [-0.39, 0.29) is 17.5 Å². The van der Waals surface area contributed by atoms with Gasteiger partial charge in [0.2, 0.25) is 5.91 Å². The third-order valence-electron chi connectivity index (χ3n) is 4.67. The van der Waals surface area contributed by atoms with Crippen LogP contribution in [0.4, 0.5) is 8.78 Å². The van der Waals surface area contributed by atoms with Gasteiger partial charge >= 0.3 is 0 Å². The van der Waals surface area contributed by atoms with E-state index < -0.39 is 5.41 Å². The molecule has 4 heteroatoms. The molecule has 2 nitrogen and oxygen atoms in total. The van der Waals surface area contributed by atoms with Crippen molar-refractivity contribution in [1.29, 1.82) is 0 Å². The van der Waals surface area contributed by atoms with Crippen molar-refractivity contribution in [2.75, 3.05) is 7.05 Å². The first kappa shape index (κ1) is 15.7. The number of carbonyl (C=O) groups excluding carboxylic acids is 1. The standard InChI is InChI=1S/C19H19F2NO/c1-22(13-14-6-8-16(20)9-7-14)18(23)19(10-3-11-19)15-4-2-5-17(21)12-15/h2,4-9,12H,3,10-11,13H2,1H3. The molecule has 0 atom stereocenters. The molecule has 1 amide bonds. The van der Waals surface area contributed by atoms with Gasteiger partial charge in [-0.3, -0.25) is 4.79 Å². The van der Waals surface area contributed by atoms with Gasteiger partial charge in [0, 0.05) is 13.6 Å². The maximum Gasteiger partial charge on any atom is 0.233 e. The van der Waals surface area contributed by atoms with Crippen molar-refractivity contribution in [3.8, 4) is 0 Å². The van der Waals surface area contributed by atoms with E-state index in [4.69, 9.17) is 0 Å². The van der Waals surface area contributed by atoms with E-state index in [0.29, 0.717) is 6.54 Å². The molecule has 2 aromatic rings. The lowest BCUT2D eigenvalue weighted by Gasteiger charge is -2.43. The number of hydrogen-bond donors (Lipinski definition) is 0. The van der Waals surface area contributed by atoms with Crippen LogP contribution in [0.3, 0.4) is 0 Å². The summed E-state index contributed by atoms with van der Waals surface area (Å²) in [6.45, 7) is 0.413. The molecule has 0 heterocycles. The molecular formula is C19H19F2NO. The highest BCUT2D eigenvalue weighted by molar-refractivity contribution is 5.89. The van der Waals surface area contributed by atoms with Gasteiger partial charge < -0.3 is 4.90 Å². The van der Waals surface area contributed by atoms with Crippen molar-refractivity contribution >= 4 is 5.91 Å². The van der Waals surface area contributed by atoms with Gasteiger partial charge in [0.25, 0.3) is 0 Å². The van der Waals surface area contributed by atoms with Gasteiger partial charge in [-0.15, -0.1) is 0 Å². The van der Waals surface area contributed by atoms with Crippen LogP contribution < -0.4 is 0 Å². The van der Waals surface area contributed by atoms with Crippen LogP contribution in [0.15, 0.2) is 48.5 Å². The topological polar surface area (TPSA) is 20.3 Å². The lowest BCUT2D eigenvalue weighted by Crippen LogP contribution is -2.49. The van der Waals surface area contributed by atoms with Gasteiger partial charge in [0.1, 0.15) is 11.6 Å². The van der Waals surface area contributed by atoms with Crippen LogP contribution in [-0.2, 0) is 16.8 Å². The van der Waals surface area contributed by atoms with E-state index in [2.05, 4.69) is 0 Å². The number of halogens is 2. The Labute approximate surface area is 134 Å². The zero-order valence-corrected chi connectivity index (χ0v) is 13.1. The molecule has 0 spiro atoms. The molecule has 0 aromatic heterocycles. The Morgan fingerprint density at radius 2 is 1.78 bits per heavy atom. The molecule has 23 heavy (non-hydrogen) atoms. The molecule has 0 radical (unpaired) electrons. The summed E-state index contributed by atoms with van der Waals surface area (Å²) in [5, 5.41) is 0. The minimum Gasteiger partial charge on any atom is -0.341 e. The van der Waals surface area contributed by atoms with Crippen molar-refractivity contribution in [3.63, 3.8) is 0 Å². The molecular weight excluding hydrogens is 296 g/mol. The molecule has 0 saturated heterocycles. The molecule has 2 aromatic carbocycles. The van der Waals surface area contributed by atoms with E-state index >= 15 is 0 Å². The maximum absolute atomic E-state index is 13.5. The minimum atomic E-state index is -0.614. The maximum atomic E-state index is 13.5. The van der Waals surface area contributed by atoms with Crippen LogP contribution in [0, 0.1) is 11.6 Å². The fraction of sp³-hybridized carbons (Fsp3) is 0.316. The highest BCUT2D eigenvalue weighted by Crippen LogP contribution is 2.45. The number of rotatable bonds is 4. The predicted octanol–water partition coefficient (Wildman–Crippen LogP) is 4.05. The summed E-state index contributed by atoms with van der Waals surface area (Å²) in [7, 11) is 1.74. The first-order valence-corrected chi connectivity index (χ1v) is 7.77. The van der Waals surface area contributed by atoms with Crippen LogP contribution in [-0.4, -0.2) is 17.9 Å². The third-order valence-corrected chi connectivity index (χ3v) is 4.67. The second-order valence-corrected chi connectivity index (χ2v) is 6.23. The quantitative estimate of drug-likeness (QED) is 0.833. The molecule has 1 aliphatic carbocycles. The van der Waals surface area contributed by atoms with Gasteiger partial charge in [0.15, 0.2) is 0 Å². The highest BCUT2D eigenvalue weighted by Gasteiger charge is 2.47. The number of likely N-dealkylation sites (N-methyl/N-ethyl adjacent to an activating group) is 1. The number of nitrogens with zero attached hydrogens (tertiary/aromatic N) is 1. The van der Waals surface area contributed by atoms with E-state index in [9.17, 15) is 13.6 Å². The summed E-state index contributed by atoms with van der Waals surface area (Å²) in [6.07, 6.45) is 2.44. The molecule has 0 N–H and O–H groups in total. The van der Waals surface area contributed by atoms with Crippen LogP contribution >= 0.6 is 0 Å². The summed E-state index contributed by atoms with van der Waals surface area (Å²) in [5.41, 5.74) is 1.01. The summed E-state index contributed by atoms with van der Waals surface area (Å²) in [5.74, 6) is -0.612. The minimum absolute atomic E-state index is 0.00123. The van der Waals surface area contributed by atoms with Crippen molar-refractivity contribution in [2.24, 2.45) is 0 Å². The monoisotopic (exact) mass is 315 g/mol. The Kier molecular flexibility index (Phi) is 4.16. The number of hydrogen-bond acceptors (Lipinski definition) is 1. The highest BCUT2D eigenvalue weighted by atomic mass is 19.1. The Morgan fingerprint density at radius 3 is 2.35 bits per heavy atom. The predicted molar refractivity (Wildman–Crippen MR) is 84.8 cm³/mol. The number of amides is 1. The molecule has 1 saturated carbocycles. The smallest absolute Gasteiger partial charge is 0.233 e. The average Bonchev–Trinajstić information content (AvgIpc) is 2.48. The van der Waals surface area contributed by atoms with Crippen LogP contribution in [0.25, 0.3) is 0 Å². The third kappa shape index (κ3) is 2.98. The SMILES string of the molecule is CN(Cc1ccc(F)cc1)C(=O)C1(c2cccc(F)c2)CCC1. The Balaban J connectivity index is 1.81. The number of carbonyl (C=O) groups is 1. The molecule has 0 aliphatic heterocycles. The zero-order valence-electron chi connectivity index (χ0n) is 13.1. The Bertz CT molecular complexity index is 708. The normalized spacial score (nSPS) is 15.8. The van der Waals surface area contributed by atoms with E-state index in [1.807, 2.05) is 6.07 Å². The van der Waals surface area contributed by atoms with Gasteiger partial charge in [0.05, 0.1) is 5.41 Å². The van der Waals surface area contributed by atoms with Crippen LogP contribution in [0.2, 0.25) is 0 Å². The largest absolute Gasteiger partial charge is 0.341 e.